The molecule has 0 aromatic heterocycles. The van der Waals surface area contributed by atoms with E-state index >= 15 is 0 Å². The predicted molar refractivity (Wildman–Crippen MR) is 122 cm³/mol. The summed E-state index contributed by atoms with van der Waals surface area (Å²) in [6.45, 7) is 1.16. The highest BCUT2D eigenvalue weighted by atomic mass is 35.5. The molecule has 1 aliphatic rings. The summed E-state index contributed by atoms with van der Waals surface area (Å²) in [5.41, 5.74) is 2.06. The van der Waals surface area contributed by atoms with Crippen molar-refractivity contribution >= 4 is 23.2 Å². The molecule has 33 heavy (non-hydrogen) atoms. The fourth-order valence-corrected chi connectivity index (χ4v) is 3.94. The van der Waals surface area contributed by atoms with E-state index in [9.17, 15) is 18.0 Å². The van der Waals surface area contributed by atoms with Gasteiger partial charge in [0.1, 0.15) is 12.4 Å². The molecular weight excluding hydrogens is 457 g/mol. The van der Waals surface area contributed by atoms with Crippen LogP contribution >= 0.6 is 11.6 Å². The molecule has 1 aliphatic carbocycles. The standard InChI is InChI=1S/C24H28ClF3N2O3/c1-32-12-13-33-22-11-10-20(29-15-16-2-6-18(25)7-3-16)14-21(22)23(31)30-19-8-4-17(5-9-19)24(26,27)28/h2-3,6-7,10-11,14,17,19,29H,4-5,8-9,12-13,15H2,1H3,(H,30,31). The first kappa shape index (κ1) is 25.2. The molecule has 180 valence electrons. The molecule has 1 saturated carbocycles. The van der Waals surface area contributed by atoms with Crippen LogP contribution in [-0.2, 0) is 11.3 Å². The van der Waals surface area contributed by atoms with E-state index in [1.54, 1.807) is 31.4 Å². The van der Waals surface area contributed by atoms with Gasteiger partial charge >= 0.3 is 6.18 Å². The average Bonchev–Trinajstić information content (AvgIpc) is 2.79. The minimum atomic E-state index is -4.18. The molecule has 3 rings (SSSR count). The number of anilines is 1. The molecule has 0 spiro atoms. The number of rotatable bonds is 9. The summed E-state index contributed by atoms with van der Waals surface area (Å²) in [6.07, 6.45) is -3.54. The Morgan fingerprint density at radius 2 is 1.76 bits per heavy atom. The van der Waals surface area contributed by atoms with Crippen molar-refractivity contribution in [1.29, 1.82) is 0 Å². The van der Waals surface area contributed by atoms with Gasteiger partial charge in [0.25, 0.3) is 5.91 Å². The maximum atomic E-state index is 13.0. The molecule has 0 heterocycles. The topological polar surface area (TPSA) is 59.6 Å². The first-order valence-corrected chi connectivity index (χ1v) is 11.3. The van der Waals surface area contributed by atoms with Crippen LogP contribution in [0.2, 0.25) is 5.02 Å². The van der Waals surface area contributed by atoms with E-state index in [-0.39, 0.29) is 31.4 Å². The Balaban J connectivity index is 1.67. The number of alkyl halides is 3. The lowest BCUT2D eigenvalue weighted by molar-refractivity contribution is -0.182. The molecule has 0 atom stereocenters. The van der Waals surface area contributed by atoms with Crippen LogP contribution in [0, 0.1) is 5.92 Å². The maximum Gasteiger partial charge on any atom is 0.391 e. The number of ether oxygens (including phenoxy) is 2. The monoisotopic (exact) mass is 484 g/mol. The molecule has 2 aromatic carbocycles. The zero-order valence-corrected chi connectivity index (χ0v) is 19.1. The summed E-state index contributed by atoms with van der Waals surface area (Å²) in [7, 11) is 1.55. The Morgan fingerprint density at radius 1 is 1.06 bits per heavy atom. The number of methoxy groups -OCH3 is 1. The SMILES string of the molecule is COCCOc1ccc(NCc2ccc(Cl)cc2)cc1C(=O)NC1CCC(C(F)(F)F)CC1. The summed E-state index contributed by atoms with van der Waals surface area (Å²) in [5.74, 6) is -1.27. The van der Waals surface area contributed by atoms with Gasteiger partial charge in [-0.2, -0.15) is 13.2 Å². The van der Waals surface area contributed by atoms with Gasteiger partial charge < -0.3 is 20.1 Å². The third-order valence-corrected chi connectivity index (χ3v) is 5.96. The van der Waals surface area contributed by atoms with Gasteiger partial charge in [-0.15, -0.1) is 0 Å². The number of benzene rings is 2. The van der Waals surface area contributed by atoms with Crippen molar-refractivity contribution in [3.05, 3.63) is 58.6 Å². The quantitative estimate of drug-likeness (QED) is 0.440. The van der Waals surface area contributed by atoms with Gasteiger partial charge in [-0.3, -0.25) is 4.79 Å². The zero-order valence-electron chi connectivity index (χ0n) is 18.4. The summed E-state index contributed by atoms with van der Waals surface area (Å²) >= 11 is 5.92. The lowest BCUT2D eigenvalue weighted by Gasteiger charge is -2.30. The van der Waals surface area contributed by atoms with Gasteiger partial charge in [-0.25, -0.2) is 0 Å². The van der Waals surface area contributed by atoms with Crippen LogP contribution in [0.5, 0.6) is 5.75 Å². The van der Waals surface area contributed by atoms with E-state index in [4.69, 9.17) is 21.1 Å². The van der Waals surface area contributed by atoms with Crippen LogP contribution in [0.15, 0.2) is 42.5 Å². The molecule has 0 unspecified atom stereocenters. The summed E-state index contributed by atoms with van der Waals surface area (Å²) in [5, 5.41) is 6.81. The largest absolute Gasteiger partial charge is 0.490 e. The molecule has 2 N–H and O–H groups in total. The number of hydrogen-bond acceptors (Lipinski definition) is 4. The Bertz CT molecular complexity index is 914. The van der Waals surface area contributed by atoms with Crippen LogP contribution in [0.4, 0.5) is 18.9 Å². The highest BCUT2D eigenvalue weighted by molar-refractivity contribution is 6.30. The fourth-order valence-electron chi connectivity index (χ4n) is 3.81. The summed E-state index contributed by atoms with van der Waals surface area (Å²) in [6, 6.07) is 12.3. The van der Waals surface area contributed by atoms with Crippen LogP contribution in [0.1, 0.15) is 41.6 Å². The fraction of sp³-hybridized carbons (Fsp3) is 0.458. The van der Waals surface area contributed by atoms with Gasteiger partial charge in [-0.05, 0) is 61.6 Å². The van der Waals surface area contributed by atoms with Gasteiger partial charge in [0.15, 0.2) is 0 Å². The molecule has 0 radical (unpaired) electrons. The number of carbonyl (C=O) groups excluding carboxylic acids is 1. The van der Waals surface area contributed by atoms with Crippen LogP contribution in [0.25, 0.3) is 0 Å². The predicted octanol–water partition coefficient (Wildman–Crippen LogP) is 5.83. The van der Waals surface area contributed by atoms with Gasteiger partial charge in [0, 0.05) is 30.4 Å². The lowest BCUT2D eigenvalue weighted by Crippen LogP contribution is -2.40. The second-order valence-corrected chi connectivity index (χ2v) is 8.53. The van der Waals surface area contributed by atoms with Gasteiger partial charge in [0.05, 0.1) is 18.1 Å². The number of carbonyl (C=O) groups is 1. The third kappa shape index (κ3) is 7.54. The average molecular weight is 485 g/mol. The number of amides is 1. The highest BCUT2D eigenvalue weighted by Gasteiger charge is 2.41. The van der Waals surface area contributed by atoms with Crippen molar-refractivity contribution in [2.75, 3.05) is 25.6 Å². The molecule has 0 bridgehead atoms. The molecule has 0 aliphatic heterocycles. The Labute approximate surface area is 196 Å². The normalized spacial score (nSPS) is 18.6. The van der Waals surface area contributed by atoms with Crippen LogP contribution in [-0.4, -0.2) is 38.4 Å². The van der Waals surface area contributed by atoms with E-state index in [1.165, 1.54) is 0 Å². The molecular formula is C24H28ClF3N2O3. The summed E-state index contributed by atoms with van der Waals surface area (Å²) < 4.78 is 49.5. The minimum absolute atomic E-state index is 0.0222. The Hall–Kier alpha value is -2.45. The first-order valence-electron chi connectivity index (χ1n) is 10.9. The van der Waals surface area contributed by atoms with Crippen LogP contribution in [0.3, 0.4) is 0 Å². The Kier molecular flexibility index (Phi) is 8.86. The van der Waals surface area contributed by atoms with Crippen molar-refractivity contribution in [3.8, 4) is 5.75 Å². The number of nitrogens with one attached hydrogen (secondary N) is 2. The van der Waals surface area contributed by atoms with Crippen molar-refractivity contribution in [2.45, 2.75) is 44.4 Å². The highest BCUT2D eigenvalue weighted by Crippen LogP contribution is 2.37. The van der Waals surface area contributed by atoms with Gasteiger partial charge in [-0.1, -0.05) is 23.7 Å². The number of hydrogen-bond donors (Lipinski definition) is 2. The third-order valence-electron chi connectivity index (χ3n) is 5.70. The molecule has 1 fully saturated rings. The van der Waals surface area contributed by atoms with E-state index in [0.29, 0.717) is 42.3 Å². The minimum Gasteiger partial charge on any atom is -0.490 e. The van der Waals surface area contributed by atoms with Gasteiger partial charge in [0.2, 0.25) is 0 Å². The number of halogens is 4. The summed E-state index contributed by atoms with van der Waals surface area (Å²) in [4.78, 5) is 13.0. The van der Waals surface area contributed by atoms with Crippen molar-refractivity contribution < 1.29 is 27.4 Å². The maximum absolute atomic E-state index is 13.0. The first-order chi connectivity index (χ1) is 15.8. The lowest BCUT2D eigenvalue weighted by atomic mass is 9.85. The second-order valence-electron chi connectivity index (χ2n) is 8.10. The van der Waals surface area contributed by atoms with E-state index < -0.39 is 12.1 Å². The smallest absolute Gasteiger partial charge is 0.391 e. The Morgan fingerprint density at radius 3 is 2.39 bits per heavy atom. The second kappa shape index (κ2) is 11.6. The van der Waals surface area contributed by atoms with E-state index in [0.717, 1.165) is 11.3 Å². The molecule has 2 aromatic rings. The molecule has 1 amide bonds. The molecule has 5 nitrogen and oxygen atoms in total. The van der Waals surface area contributed by atoms with E-state index in [1.807, 2.05) is 18.2 Å². The molecule has 9 heteroatoms. The van der Waals surface area contributed by atoms with Crippen molar-refractivity contribution in [2.24, 2.45) is 5.92 Å². The zero-order chi connectivity index (χ0) is 23.8. The van der Waals surface area contributed by atoms with E-state index in [2.05, 4.69) is 10.6 Å². The molecule has 0 saturated heterocycles. The van der Waals surface area contributed by atoms with Crippen LogP contribution < -0.4 is 15.4 Å². The van der Waals surface area contributed by atoms with Crippen molar-refractivity contribution in [3.63, 3.8) is 0 Å². The van der Waals surface area contributed by atoms with Crippen molar-refractivity contribution in [1.82, 2.24) is 5.32 Å².